The highest BCUT2D eigenvalue weighted by Gasteiger charge is 2.27. The molecular weight excluding hydrogens is 309 g/mol. The van der Waals surface area contributed by atoms with Crippen LogP contribution in [0.4, 0.5) is 4.39 Å². The summed E-state index contributed by atoms with van der Waals surface area (Å²) in [6, 6.07) is 5.62. The fraction of sp³-hybridized carbons (Fsp3) is 0.444. The maximum atomic E-state index is 13.4. The maximum Gasteiger partial charge on any atom is 0.254 e. The van der Waals surface area contributed by atoms with Crippen molar-refractivity contribution in [3.05, 3.63) is 46.0 Å². The van der Waals surface area contributed by atoms with Gasteiger partial charge in [0, 0.05) is 24.0 Å². The quantitative estimate of drug-likeness (QED) is 0.903. The molecule has 24 heavy (non-hydrogen) atoms. The Morgan fingerprint density at radius 3 is 2.75 bits per heavy atom. The van der Waals surface area contributed by atoms with Crippen LogP contribution in [0.25, 0.3) is 10.9 Å². The van der Waals surface area contributed by atoms with E-state index in [1.807, 2.05) is 11.8 Å². The first kappa shape index (κ1) is 16.6. The van der Waals surface area contributed by atoms with Gasteiger partial charge in [0.15, 0.2) is 0 Å². The van der Waals surface area contributed by atoms with Crippen LogP contribution in [0, 0.1) is 5.82 Å². The molecule has 128 valence electrons. The van der Waals surface area contributed by atoms with Gasteiger partial charge in [-0.1, -0.05) is 6.92 Å². The van der Waals surface area contributed by atoms with Gasteiger partial charge in [-0.2, -0.15) is 0 Å². The number of halogens is 1. The molecule has 0 spiro atoms. The molecule has 1 aromatic heterocycles. The molecule has 1 aliphatic heterocycles. The summed E-state index contributed by atoms with van der Waals surface area (Å²) in [4.78, 5) is 29.5. The number of benzene rings is 1. The molecule has 2 N–H and O–H groups in total. The first-order valence-electron chi connectivity index (χ1n) is 8.44. The smallest absolute Gasteiger partial charge is 0.254 e. The van der Waals surface area contributed by atoms with Crippen molar-refractivity contribution in [1.82, 2.24) is 15.2 Å². The second kappa shape index (κ2) is 7.13. The average molecular weight is 331 g/mol. The van der Waals surface area contributed by atoms with Crippen molar-refractivity contribution in [2.75, 3.05) is 19.6 Å². The standard InChI is InChI=1S/C18H22FN3O2/c1-2-9-22(13-5-7-20-8-6-13)18(24)15-11-17(23)21-16-10-12(19)3-4-14(15)16/h3-4,10-11,13,20H,2,5-9H2,1H3,(H,21,23). The van der Waals surface area contributed by atoms with Crippen LogP contribution in [0.1, 0.15) is 36.5 Å². The molecular formula is C18H22FN3O2. The van der Waals surface area contributed by atoms with Crippen LogP contribution in [-0.4, -0.2) is 41.5 Å². The van der Waals surface area contributed by atoms with Crippen molar-refractivity contribution in [2.45, 2.75) is 32.2 Å². The molecule has 1 aromatic carbocycles. The minimum absolute atomic E-state index is 0.147. The maximum absolute atomic E-state index is 13.4. The van der Waals surface area contributed by atoms with Crippen LogP contribution in [0.5, 0.6) is 0 Å². The van der Waals surface area contributed by atoms with Gasteiger partial charge in [0.1, 0.15) is 5.82 Å². The fourth-order valence-electron chi connectivity index (χ4n) is 3.37. The highest BCUT2D eigenvalue weighted by Crippen LogP contribution is 2.21. The highest BCUT2D eigenvalue weighted by atomic mass is 19.1. The lowest BCUT2D eigenvalue weighted by atomic mass is 10.0. The predicted octanol–water partition coefficient (Wildman–Crippen LogP) is 2.27. The number of amides is 1. The van der Waals surface area contributed by atoms with E-state index in [9.17, 15) is 14.0 Å². The van der Waals surface area contributed by atoms with Gasteiger partial charge in [-0.25, -0.2) is 4.39 Å². The number of pyridine rings is 1. The Morgan fingerprint density at radius 1 is 1.29 bits per heavy atom. The van der Waals surface area contributed by atoms with E-state index < -0.39 is 11.4 Å². The number of H-pyrrole nitrogens is 1. The Bertz CT molecular complexity index is 796. The Balaban J connectivity index is 2.03. The molecule has 1 fully saturated rings. The molecule has 3 rings (SSSR count). The first-order valence-corrected chi connectivity index (χ1v) is 8.44. The summed E-state index contributed by atoms with van der Waals surface area (Å²) in [6.45, 7) is 4.46. The van der Waals surface area contributed by atoms with Gasteiger partial charge in [0.25, 0.3) is 5.91 Å². The Kier molecular flexibility index (Phi) is 4.94. The monoisotopic (exact) mass is 331 g/mol. The van der Waals surface area contributed by atoms with Crippen LogP contribution < -0.4 is 10.9 Å². The van der Waals surface area contributed by atoms with E-state index in [4.69, 9.17) is 0 Å². The number of rotatable bonds is 4. The van der Waals surface area contributed by atoms with E-state index in [0.717, 1.165) is 32.4 Å². The third-order valence-electron chi connectivity index (χ3n) is 4.51. The number of aromatic amines is 1. The topological polar surface area (TPSA) is 65.2 Å². The number of nitrogens with one attached hydrogen (secondary N) is 2. The number of carbonyl (C=O) groups is 1. The zero-order chi connectivity index (χ0) is 17.1. The van der Waals surface area contributed by atoms with E-state index in [2.05, 4.69) is 10.3 Å². The van der Waals surface area contributed by atoms with Crippen LogP contribution >= 0.6 is 0 Å². The van der Waals surface area contributed by atoms with Crippen molar-refractivity contribution >= 4 is 16.8 Å². The molecule has 0 unspecified atom stereocenters. The lowest BCUT2D eigenvalue weighted by molar-refractivity contribution is 0.0644. The van der Waals surface area contributed by atoms with Crippen LogP contribution in [0.2, 0.25) is 0 Å². The summed E-state index contributed by atoms with van der Waals surface area (Å²) < 4.78 is 13.4. The highest BCUT2D eigenvalue weighted by molar-refractivity contribution is 6.06. The van der Waals surface area contributed by atoms with Crippen LogP contribution in [-0.2, 0) is 0 Å². The minimum Gasteiger partial charge on any atom is -0.336 e. The second-order valence-electron chi connectivity index (χ2n) is 6.22. The molecule has 0 bridgehead atoms. The van der Waals surface area contributed by atoms with Crippen molar-refractivity contribution in [3.8, 4) is 0 Å². The minimum atomic E-state index is -0.438. The molecule has 0 aliphatic carbocycles. The van der Waals surface area contributed by atoms with Gasteiger partial charge in [-0.3, -0.25) is 9.59 Å². The summed E-state index contributed by atoms with van der Waals surface area (Å²) in [5.74, 6) is -0.585. The number of aromatic nitrogens is 1. The molecule has 5 nitrogen and oxygen atoms in total. The summed E-state index contributed by atoms with van der Waals surface area (Å²) in [6.07, 6.45) is 2.66. The van der Waals surface area contributed by atoms with E-state index in [-0.39, 0.29) is 11.9 Å². The lowest BCUT2D eigenvalue weighted by Crippen LogP contribution is -2.46. The van der Waals surface area contributed by atoms with E-state index in [1.54, 1.807) is 6.07 Å². The Morgan fingerprint density at radius 2 is 2.04 bits per heavy atom. The van der Waals surface area contributed by atoms with Gasteiger partial charge in [-0.15, -0.1) is 0 Å². The molecule has 0 atom stereocenters. The number of piperidine rings is 1. The zero-order valence-corrected chi connectivity index (χ0v) is 13.8. The summed E-state index contributed by atoms with van der Waals surface area (Å²) in [7, 11) is 0. The molecule has 0 saturated carbocycles. The molecule has 1 aliphatic rings. The SMILES string of the molecule is CCCN(C(=O)c1cc(=O)[nH]c2cc(F)ccc12)C1CCNCC1. The number of fused-ring (bicyclic) bond motifs is 1. The molecule has 1 saturated heterocycles. The summed E-state index contributed by atoms with van der Waals surface area (Å²) in [5, 5.41) is 3.88. The Labute approximate surface area is 139 Å². The third-order valence-corrected chi connectivity index (χ3v) is 4.51. The first-order chi connectivity index (χ1) is 11.6. The van der Waals surface area contributed by atoms with Crippen molar-refractivity contribution < 1.29 is 9.18 Å². The molecule has 2 aromatic rings. The Hall–Kier alpha value is -2.21. The van der Waals surface area contributed by atoms with Crippen LogP contribution in [0.15, 0.2) is 29.1 Å². The van der Waals surface area contributed by atoms with E-state index in [1.165, 1.54) is 18.2 Å². The van der Waals surface area contributed by atoms with Crippen LogP contribution in [0.3, 0.4) is 0 Å². The fourth-order valence-corrected chi connectivity index (χ4v) is 3.37. The normalized spacial score (nSPS) is 15.6. The number of nitrogens with zero attached hydrogens (tertiary/aromatic N) is 1. The number of hydrogen-bond acceptors (Lipinski definition) is 3. The molecule has 0 radical (unpaired) electrons. The van der Waals surface area contributed by atoms with Gasteiger partial charge < -0.3 is 15.2 Å². The second-order valence-corrected chi connectivity index (χ2v) is 6.22. The lowest BCUT2D eigenvalue weighted by Gasteiger charge is -2.34. The molecule has 1 amide bonds. The van der Waals surface area contributed by atoms with E-state index in [0.29, 0.717) is 23.0 Å². The van der Waals surface area contributed by atoms with Crippen molar-refractivity contribution in [1.29, 1.82) is 0 Å². The van der Waals surface area contributed by atoms with Gasteiger partial charge in [0.2, 0.25) is 5.56 Å². The summed E-state index contributed by atoms with van der Waals surface area (Å²) in [5.41, 5.74) is 0.312. The summed E-state index contributed by atoms with van der Waals surface area (Å²) >= 11 is 0. The van der Waals surface area contributed by atoms with Crippen molar-refractivity contribution in [3.63, 3.8) is 0 Å². The zero-order valence-electron chi connectivity index (χ0n) is 13.8. The van der Waals surface area contributed by atoms with Gasteiger partial charge >= 0.3 is 0 Å². The third kappa shape index (κ3) is 3.33. The van der Waals surface area contributed by atoms with Gasteiger partial charge in [-0.05, 0) is 50.6 Å². The molecule has 2 heterocycles. The van der Waals surface area contributed by atoms with Crippen molar-refractivity contribution in [2.24, 2.45) is 0 Å². The number of carbonyl (C=O) groups excluding carboxylic acids is 1. The van der Waals surface area contributed by atoms with Gasteiger partial charge in [0.05, 0.1) is 11.1 Å². The number of hydrogen-bond donors (Lipinski definition) is 2. The largest absolute Gasteiger partial charge is 0.336 e. The van der Waals surface area contributed by atoms with E-state index >= 15 is 0 Å². The molecule has 6 heteroatoms. The average Bonchev–Trinajstić information content (AvgIpc) is 2.58. The predicted molar refractivity (Wildman–Crippen MR) is 91.7 cm³/mol.